The number of nitrogens with zero attached hydrogens (tertiary/aromatic N) is 3. The summed E-state index contributed by atoms with van der Waals surface area (Å²) in [5.74, 6) is 0.828. The number of aromatic nitrogens is 4. The summed E-state index contributed by atoms with van der Waals surface area (Å²) in [6.07, 6.45) is 3.13. The van der Waals surface area contributed by atoms with E-state index in [2.05, 4.69) is 19.9 Å². The van der Waals surface area contributed by atoms with E-state index < -0.39 is 0 Å². The molecule has 0 aliphatic heterocycles. The largest absolute Gasteiger partial charge is 0.496 e. The minimum Gasteiger partial charge on any atom is -0.496 e. The first-order valence-corrected chi connectivity index (χ1v) is 6.15. The Bertz CT molecular complexity index is 682. The second-order valence-electron chi connectivity index (χ2n) is 3.53. The maximum Gasteiger partial charge on any atom is 0.181 e. The predicted octanol–water partition coefficient (Wildman–Crippen LogP) is 2.51. The van der Waals surface area contributed by atoms with Crippen molar-refractivity contribution < 1.29 is 4.74 Å². The summed E-state index contributed by atoms with van der Waals surface area (Å²) in [4.78, 5) is 16.5. The molecule has 0 unspecified atom stereocenters. The fourth-order valence-corrected chi connectivity index (χ4v) is 2.59. The van der Waals surface area contributed by atoms with Crippen molar-refractivity contribution in [2.24, 2.45) is 0 Å². The van der Waals surface area contributed by atoms with Gasteiger partial charge >= 0.3 is 0 Å². The van der Waals surface area contributed by atoms with Gasteiger partial charge in [-0.05, 0) is 12.1 Å². The number of H-pyrrole nitrogens is 1. The van der Waals surface area contributed by atoms with Gasteiger partial charge in [0, 0.05) is 0 Å². The monoisotopic (exact) mass is 258 g/mol. The zero-order valence-corrected chi connectivity index (χ0v) is 10.4. The summed E-state index contributed by atoms with van der Waals surface area (Å²) in [6, 6.07) is 7.83. The number of aromatic amines is 1. The van der Waals surface area contributed by atoms with Crippen molar-refractivity contribution in [2.75, 3.05) is 7.11 Å². The van der Waals surface area contributed by atoms with Crippen molar-refractivity contribution >= 4 is 22.9 Å². The van der Waals surface area contributed by atoms with Crippen molar-refractivity contribution in [3.8, 4) is 5.75 Å². The smallest absolute Gasteiger partial charge is 0.181 e. The van der Waals surface area contributed by atoms with Gasteiger partial charge in [-0.3, -0.25) is 0 Å². The molecule has 2 aromatic heterocycles. The van der Waals surface area contributed by atoms with Crippen LogP contribution in [0.15, 0.2) is 46.8 Å². The van der Waals surface area contributed by atoms with Crippen LogP contribution in [-0.4, -0.2) is 27.0 Å². The Morgan fingerprint density at radius 1 is 1.17 bits per heavy atom. The Kier molecular flexibility index (Phi) is 2.85. The van der Waals surface area contributed by atoms with Gasteiger partial charge < -0.3 is 9.72 Å². The molecule has 2 heterocycles. The molecule has 3 aromatic rings. The van der Waals surface area contributed by atoms with E-state index in [1.54, 1.807) is 13.4 Å². The van der Waals surface area contributed by atoms with Crippen LogP contribution in [0, 0.1) is 0 Å². The van der Waals surface area contributed by atoms with Crippen molar-refractivity contribution in [2.45, 2.75) is 9.92 Å². The van der Waals surface area contributed by atoms with Gasteiger partial charge in [0.1, 0.15) is 22.6 Å². The first kappa shape index (κ1) is 11.0. The van der Waals surface area contributed by atoms with E-state index in [0.717, 1.165) is 21.2 Å². The number of methoxy groups -OCH3 is 1. The number of rotatable bonds is 3. The van der Waals surface area contributed by atoms with E-state index in [4.69, 9.17) is 4.74 Å². The summed E-state index contributed by atoms with van der Waals surface area (Å²) in [7, 11) is 1.66. The highest BCUT2D eigenvalue weighted by molar-refractivity contribution is 7.99. The lowest BCUT2D eigenvalue weighted by molar-refractivity contribution is 0.405. The van der Waals surface area contributed by atoms with Gasteiger partial charge in [0.15, 0.2) is 5.65 Å². The normalized spacial score (nSPS) is 10.7. The molecule has 90 valence electrons. The first-order valence-electron chi connectivity index (χ1n) is 5.33. The van der Waals surface area contributed by atoms with Crippen LogP contribution in [0.3, 0.4) is 0 Å². The summed E-state index contributed by atoms with van der Waals surface area (Å²) in [6.45, 7) is 0. The zero-order valence-electron chi connectivity index (χ0n) is 9.62. The molecular weight excluding hydrogens is 248 g/mol. The molecule has 0 amide bonds. The zero-order chi connectivity index (χ0) is 12.4. The van der Waals surface area contributed by atoms with Crippen LogP contribution < -0.4 is 4.74 Å². The Morgan fingerprint density at radius 3 is 2.94 bits per heavy atom. The quantitative estimate of drug-likeness (QED) is 0.731. The molecule has 1 aromatic carbocycles. The van der Waals surface area contributed by atoms with E-state index in [1.165, 1.54) is 18.1 Å². The van der Waals surface area contributed by atoms with E-state index >= 15 is 0 Å². The topological polar surface area (TPSA) is 63.7 Å². The molecule has 0 aliphatic rings. The molecule has 1 N–H and O–H groups in total. The van der Waals surface area contributed by atoms with Gasteiger partial charge in [-0.2, -0.15) is 0 Å². The van der Waals surface area contributed by atoms with Gasteiger partial charge in [-0.15, -0.1) is 0 Å². The maximum atomic E-state index is 5.32. The predicted molar refractivity (Wildman–Crippen MR) is 68.8 cm³/mol. The average Bonchev–Trinajstić information content (AvgIpc) is 2.89. The van der Waals surface area contributed by atoms with Crippen molar-refractivity contribution in [1.29, 1.82) is 0 Å². The Balaban J connectivity index is 2.04. The molecular formula is C12H10N4OS. The molecule has 3 rings (SSSR count). The molecule has 18 heavy (non-hydrogen) atoms. The average molecular weight is 258 g/mol. The molecule has 0 saturated carbocycles. The highest BCUT2D eigenvalue weighted by Gasteiger charge is 2.10. The highest BCUT2D eigenvalue weighted by atomic mass is 32.2. The number of imidazole rings is 1. The summed E-state index contributed by atoms with van der Waals surface area (Å²) >= 11 is 1.53. The van der Waals surface area contributed by atoms with Crippen LogP contribution in [0.25, 0.3) is 11.2 Å². The Labute approximate surface area is 108 Å². The molecule has 0 bridgehead atoms. The highest BCUT2D eigenvalue weighted by Crippen LogP contribution is 2.35. The SMILES string of the molecule is COc1ccccc1Sc1ncnc2nc[nH]c12. The lowest BCUT2D eigenvalue weighted by atomic mass is 10.3. The standard InChI is InChI=1S/C12H10N4OS/c1-17-8-4-2-3-5-9(8)18-12-10-11(14-6-13-10)15-7-16-12/h2-7H,1H3,(H,13,14,15,16). The Hall–Kier alpha value is -2.08. The summed E-state index contributed by atoms with van der Waals surface area (Å²) in [5.41, 5.74) is 1.51. The molecule has 0 spiro atoms. The third-order valence-electron chi connectivity index (χ3n) is 2.46. The van der Waals surface area contributed by atoms with Gasteiger partial charge in [-0.25, -0.2) is 15.0 Å². The third-order valence-corrected chi connectivity index (χ3v) is 3.52. The molecule has 0 aliphatic carbocycles. The number of hydrogen-bond donors (Lipinski definition) is 1. The van der Waals surface area contributed by atoms with Gasteiger partial charge in [0.2, 0.25) is 0 Å². The van der Waals surface area contributed by atoms with Gasteiger partial charge in [0.25, 0.3) is 0 Å². The number of benzene rings is 1. The lowest BCUT2D eigenvalue weighted by Crippen LogP contribution is -1.88. The van der Waals surface area contributed by atoms with Crippen molar-refractivity contribution in [1.82, 2.24) is 19.9 Å². The first-order chi connectivity index (χ1) is 8.88. The fourth-order valence-electron chi connectivity index (χ4n) is 1.63. The molecule has 0 radical (unpaired) electrons. The van der Waals surface area contributed by atoms with Gasteiger partial charge in [-0.1, -0.05) is 23.9 Å². The van der Waals surface area contributed by atoms with Crippen LogP contribution >= 0.6 is 11.8 Å². The van der Waals surface area contributed by atoms with E-state index in [-0.39, 0.29) is 0 Å². The number of hydrogen-bond acceptors (Lipinski definition) is 5. The molecule has 6 heteroatoms. The second-order valence-corrected chi connectivity index (χ2v) is 4.56. The fraction of sp³-hybridized carbons (Fsp3) is 0.0833. The van der Waals surface area contributed by atoms with Crippen LogP contribution in [0.5, 0.6) is 5.75 Å². The van der Waals surface area contributed by atoms with Gasteiger partial charge in [0.05, 0.1) is 18.3 Å². The van der Waals surface area contributed by atoms with Crippen molar-refractivity contribution in [3.63, 3.8) is 0 Å². The molecule has 5 nitrogen and oxygen atoms in total. The summed E-state index contributed by atoms with van der Waals surface area (Å²) in [5, 5.41) is 0.835. The van der Waals surface area contributed by atoms with Crippen LogP contribution in [0.4, 0.5) is 0 Å². The minimum absolute atomic E-state index is 0.669. The molecule has 0 fully saturated rings. The third kappa shape index (κ3) is 1.91. The van der Waals surface area contributed by atoms with Crippen molar-refractivity contribution in [3.05, 3.63) is 36.9 Å². The molecule has 0 atom stereocenters. The van der Waals surface area contributed by atoms with Crippen LogP contribution in [-0.2, 0) is 0 Å². The number of para-hydroxylation sites is 1. The molecule has 0 saturated heterocycles. The van der Waals surface area contributed by atoms with E-state index in [1.807, 2.05) is 24.3 Å². The summed E-state index contributed by atoms with van der Waals surface area (Å²) < 4.78 is 5.32. The van der Waals surface area contributed by atoms with E-state index in [9.17, 15) is 0 Å². The number of fused-ring (bicyclic) bond motifs is 1. The van der Waals surface area contributed by atoms with Crippen LogP contribution in [0.2, 0.25) is 0 Å². The second kappa shape index (κ2) is 4.66. The number of ether oxygens (including phenoxy) is 1. The maximum absolute atomic E-state index is 5.32. The van der Waals surface area contributed by atoms with Crippen LogP contribution in [0.1, 0.15) is 0 Å². The number of nitrogens with one attached hydrogen (secondary N) is 1. The Morgan fingerprint density at radius 2 is 2.06 bits per heavy atom. The van der Waals surface area contributed by atoms with E-state index in [0.29, 0.717) is 5.65 Å². The minimum atomic E-state index is 0.669. The lowest BCUT2D eigenvalue weighted by Gasteiger charge is -2.06.